The Morgan fingerprint density at radius 3 is 1.91 bits per heavy atom. The standard InChI is InChI=1S/C26H27NO6/c1-31-24(29)23(28)26(21-13-7-3-8-14-21,22-15-9-4-10-16-22)33-18-17-27-25(30)32-19-20-11-5-2-6-12-20/h2-16,23,28H,17-19H2,1H3,(H,27,30). The zero-order valence-corrected chi connectivity index (χ0v) is 18.3. The zero-order valence-electron chi connectivity index (χ0n) is 18.3. The van der Waals surface area contributed by atoms with Gasteiger partial charge in [-0.2, -0.15) is 0 Å². The highest BCUT2D eigenvalue weighted by Gasteiger charge is 2.47. The second kappa shape index (κ2) is 11.8. The molecule has 2 N–H and O–H groups in total. The molecular weight excluding hydrogens is 422 g/mol. The van der Waals surface area contributed by atoms with E-state index in [1.165, 1.54) is 7.11 Å². The van der Waals surface area contributed by atoms with Crippen molar-refractivity contribution in [2.24, 2.45) is 0 Å². The van der Waals surface area contributed by atoms with E-state index in [4.69, 9.17) is 14.2 Å². The van der Waals surface area contributed by atoms with Crippen LogP contribution >= 0.6 is 0 Å². The molecule has 1 atom stereocenters. The highest BCUT2D eigenvalue weighted by molar-refractivity contribution is 5.77. The Hall–Kier alpha value is -3.68. The van der Waals surface area contributed by atoms with Crippen LogP contribution in [-0.4, -0.2) is 43.5 Å². The number of hydrogen-bond donors (Lipinski definition) is 2. The minimum atomic E-state index is -1.64. The van der Waals surface area contributed by atoms with Gasteiger partial charge in [-0.05, 0) is 16.7 Å². The van der Waals surface area contributed by atoms with Crippen LogP contribution in [0.3, 0.4) is 0 Å². The average molecular weight is 450 g/mol. The molecule has 0 aliphatic carbocycles. The van der Waals surface area contributed by atoms with Crippen LogP contribution in [0.1, 0.15) is 16.7 Å². The molecule has 33 heavy (non-hydrogen) atoms. The fourth-order valence-corrected chi connectivity index (χ4v) is 3.52. The Bertz CT molecular complexity index is 971. The van der Waals surface area contributed by atoms with E-state index in [1.807, 2.05) is 42.5 Å². The lowest BCUT2D eigenvalue weighted by atomic mass is 9.81. The van der Waals surface area contributed by atoms with Crippen LogP contribution in [0.4, 0.5) is 4.79 Å². The highest BCUT2D eigenvalue weighted by atomic mass is 16.6. The van der Waals surface area contributed by atoms with E-state index in [9.17, 15) is 14.7 Å². The Morgan fingerprint density at radius 1 is 0.879 bits per heavy atom. The summed E-state index contributed by atoms with van der Waals surface area (Å²) in [5.41, 5.74) is 0.476. The smallest absolute Gasteiger partial charge is 0.407 e. The van der Waals surface area contributed by atoms with Gasteiger partial charge in [0.15, 0.2) is 11.7 Å². The van der Waals surface area contributed by atoms with Crippen LogP contribution in [0.15, 0.2) is 91.0 Å². The van der Waals surface area contributed by atoms with Crippen LogP contribution in [0, 0.1) is 0 Å². The molecule has 7 nitrogen and oxygen atoms in total. The Balaban J connectivity index is 1.74. The number of rotatable bonds is 10. The molecule has 0 heterocycles. The minimum absolute atomic E-state index is 0.00171. The molecule has 0 saturated carbocycles. The number of esters is 1. The van der Waals surface area contributed by atoms with Gasteiger partial charge < -0.3 is 24.6 Å². The number of aliphatic hydroxyl groups is 1. The third kappa shape index (κ3) is 5.97. The lowest BCUT2D eigenvalue weighted by Crippen LogP contribution is -2.49. The summed E-state index contributed by atoms with van der Waals surface area (Å²) in [6.45, 7) is 0.244. The molecule has 3 aromatic carbocycles. The summed E-state index contributed by atoms with van der Waals surface area (Å²) in [4.78, 5) is 24.5. The van der Waals surface area contributed by atoms with Gasteiger partial charge in [0.25, 0.3) is 0 Å². The first kappa shape index (κ1) is 24.0. The maximum atomic E-state index is 12.4. The maximum Gasteiger partial charge on any atom is 0.407 e. The Morgan fingerprint density at radius 2 is 1.39 bits per heavy atom. The first-order valence-corrected chi connectivity index (χ1v) is 10.5. The largest absolute Gasteiger partial charge is 0.467 e. The third-order valence-electron chi connectivity index (χ3n) is 5.13. The molecule has 0 radical (unpaired) electrons. The Kier molecular flexibility index (Phi) is 8.57. The van der Waals surface area contributed by atoms with Crippen LogP contribution in [0.25, 0.3) is 0 Å². The van der Waals surface area contributed by atoms with Crippen LogP contribution in [0.5, 0.6) is 0 Å². The van der Waals surface area contributed by atoms with Crippen molar-refractivity contribution in [3.8, 4) is 0 Å². The van der Waals surface area contributed by atoms with Crippen molar-refractivity contribution in [3.05, 3.63) is 108 Å². The second-order valence-electron chi connectivity index (χ2n) is 7.23. The van der Waals surface area contributed by atoms with E-state index in [0.717, 1.165) is 5.56 Å². The SMILES string of the molecule is COC(=O)C(O)C(OCCNC(=O)OCc1ccccc1)(c1ccccc1)c1ccccc1. The maximum absolute atomic E-state index is 12.4. The zero-order chi connectivity index (χ0) is 23.5. The first-order valence-electron chi connectivity index (χ1n) is 10.5. The number of benzene rings is 3. The summed E-state index contributed by atoms with van der Waals surface area (Å²) in [5.74, 6) is -0.835. The number of methoxy groups -OCH3 is 1. The van der Waals surface area contributed by atoms with Crippen LogP contribution in [-0.2, 0) is 31.2 Å². The summed E-state index contributed by atoms with van der Waals surface area (Å²) in [6, 6.07) is 27.2. The van der Waals surface area contributed by atoms with Gasteiger partial charge in [-0.25, -0.2) is 9.59 Å². The minimum Gasteiger partial charge on any atom is -0.467 e. The van der Waals surface area contributed by atoms with Crippen molar-refractivity contribution < 1.29 is 28.9 Å². The van der Waals surface area contributed by atoms with E-state index in [1.54, 1.807) is 48.5 Å². The molecule has 7 heteroatoms. The molecule has 0 spiro atoms. The molecule has 3 aromatic rings. The predicted octanol–water partition coefficient (Wildman–Crippen LogP) is 3.41. The molecule has 0 aromatic heterocycles. The van der Waals surface area contributed by atoms with Gasteiger partial charge in [0.2, 0.25) is 0 Å². The van der Waals surface area contributed by atoms with E-state index < -0.39 is 23.8 Å². The summed E-state index contributed by atoms with van der Waals surface area (Å²) in [5, 5.41) is 13.7. The first-order chi connectivity index (χ1) is 16.1. The molecule has 0 aliphatic heterocycles. The van der Waals surface area contributed by atoms with Gasteiger partial charge in [-0.15, -0.1) is 0 Å². The Labute approximate surface area is 192 Å². The van der Waals surface area contributed by atoms with Gasteiger partial charge in [-0.3, -0.25) is 0 Å². The van der Waals surface area contributed by atoms with Crippen molar-refractivity contribution >= 4 is 12.1 Å². The number of carbonyl (C=O) groups is 2. The monoisotopic (exact) mass is 449 g/mol. The molecule has 1 unspecified atom stereocenters. The summed E-state index contributed by atoms with van der Waals surface area (Å²) in [7, 11) is 1.20. The summed E-state index contributed by atoms with van der Waals surface area (Å²) >= 11 is 0. The number of hydrogen-bond acceptors (Lipinski definition) is 6. The fraction of sp³-hybridized carbons (Fsp3) is 0.231. The number of aliphatic hydroxyl groups excluding tert-OH is 1. The van der Waals surface area contributed by atoms with E-state index in [0.29, 0.717) is 11.1 Å². The number of nitrogens with one attached hydrogen (secondary N) is 1. The summed E-state index contributed by atoms with van der Waals surface area (Å²) in [6.07, 6.45) is -2.24. The molecule has 0 fully saturated rings. The third-order valence-corrected chi connectivity index (χ3v) is 5.13. The van der Waals surface area contributed by atoms with Gasteiger partial charge in [-0.1, -0.05) is 91.0 Å². The lowest BCUT2D eigenvalue weighted by Gasteiger charge is -2.37. The molecular formula is C26H27NO6. The van der Waals surface area contributed by atoms with Crippen LogP contribution < -0.4 is 5.32 Å². The quantitative estimate of drug-likeness (QED) is 0.364. The molecule has 3 rings (SSSR count). The lowest BCUT2D eigenvalue weighted by molar-refractivity contribution is -0.170. The van der Waals surface area contributed by atoms with Gasteiger partial charge in [0.1, 0.15) is 6.61 Å². The molecule has 0 saturated heterocycles. The van der Waals surface area contributed by atoms with E-state index in [-0.39, 0.29) is 19.8 Å². The van der Waals surface area contributed by atoms with Crippen LogP contribution in [0.2, 0.25) is 0 Å². The van der Waals surface area contributed by atoms with Crippen molar-refractivity contribution in [1.29, 1.82) is 0 Å². The topological polar surface area (TPSA) is 94.1 Å². The second-order valence-corrected chi connectivity index (χ2v) is 7.23. The summed E-state index contributed by atoms with van der Waals surface area (Å²) < 4.78 is 16.2. The number of amides is 1. The fourth-order valence-electron chi connectivity index (χ4n) is 3.52. The van der Waals surface area contributed by atoms with Gasteiger partial charge in [0.05, 0.1) is 13.7 Å². The van der Waals surface area contributed by atoms with E-state index in [2.05, 4.69) is 5.32 Å². The van der Waals surface area contributed by atoms with E-state index >= 15 is 0 Å². The van der Waals surface area contributed by atoms with Crippen molar-refractivity contribution in [2.75, 3.05) is 20.3 Å². The number of carbonyl (C=O) groups excluding carboxylic acids is 2. The molecule has 1 amide bonds. The predicted molar refractivity (Wildman–Crippen MR) is 122 cm³/mol. The number of ether oxygens (including phenoxy) is 3. The highest BCUT2D eigenvalue weighted by Crippen LogP contribution is 2.37. The van der Waals surface area contributed by atoms with Crippen molar-refractivity contribution in [2.45, 2.75) is 18.3 Å². The average Bonchev–Trinajstić information content (AvgIpc) is 2.88. The van der Waals surface area contributed by atoms with Crippen molar-refractivity contribution in [1.82, 2.24) is 5.32 Å². The normalized spacial score (nSPS) is 11.9. The number of alkyl carbamates (subject to hydrolysis) is 1. The molecule has 0 bridgehead atoms. The van der Waals surface area contributed by atoms with Gasteiger partial charge >= 0.3 is 12.1 Å². The molecule has 0 aliphatic rings. The van der Waals surface area contributed by atoms with Crippen molar-refractivity contribution in [3.63, 3.8) is 0 Å². The molecule has 172 valence electrons. The van der Waals surface area contributed by atoms with Gasteiger partial charge in [0, 0.05) is 6.54 Å².